The second kappa shape index (κ2) is 5.93. The van der Waals surface area contributed by atoms with Crippen LogP contribution in [0.2, 0.25) is 5.02 Å². The van der Waals surface area contributed by atoms with Crippen molar-refractivity contribution < 1.29 is 9.59 Å². The van der Waals surface area contributed by atoms with Gasteiger partial charge >= 0.3 is 6.03 Å². The number of nitrogens with two attached hydrogens (primary N) is 1. The van der Waals surface area contributed by atoms with Gasteiger partial charge in [0.05, 0.1) is 5.92 Å². The second-order valence-electron chi connectivity index (χ2n) is 4.62. The third kappa shape index (κ3) is 3.61. The Morgan fingerprint density at radius 1 is 1.32 bits per heavy atom. The zero-order valence-corrected chi connectivity index (χ0v) is 11.2. The average molecular weight is 282 g/mol. The fourth-order valence-corrected chi connectivity index (χ4v) is 2.26. The highest BCUT2D eigenvalue weighted by atomic mass is 35.5. The Labute approximate surface area is 116 Å². The lowest BCUT2D eigenvalue weighted by atomic mass is 9.98. The highest BCUT2D eigenvalue weighted by Crippen LogP contribution is 2.18. The van der Waals surface area contributed by atoms with Crippen LogP contribution in [0.25, 0.3) is 0 Å². The van der Waals surface area contributed by atoms with Crippen molar-refractivity contribution in [2.75, 3.05) is 18.4 Å². The first-order valence-electron chi connectivity index (χ1n) is 6.17. The normalized spacial score (nSPS) is 19.0. The van der Waals surface area contributed by atoms with E-state index in [0.29, 0.717) is 23.8 Å². The quantitative estimate of drug-likeness (QED) is 0.871. The summed E-state index contributed by atoms with van der Waals surface area (Å²) < 4.78 is 0. The van der Waals surface area contributed by atoms with Crippen molar-refractivity contribution in [3.63, 3.8) is 0 Å². The number of urea groups is 1. The first-order valence-corrected chi connectivity index (χ1v) is 6.55. The minimum absolute atomic E-state index is 0.215. The SMILES string of the molecule is NC(=O)[C@H]1CCCN(C(=O)Nc2ccc(Cl)cc2)C1. The van der Waals surface area contributed by atoms with Crippen LogP contribution < -0.4 is 11.1 Å². The highest BCUT2D eigenvalue weighted by Gasteiger charge is 2.26. The van der Waals surface area contributed by atoms with Crippen LogP contribution in [-0.4, -0.2) is 29.9 Å². The summed E-state index contributed by atoms with van der Waals surface area (Å²) >= 11 is 5.78. The van der Waals surface area contributed by atoms with Crippen molar-refractivity contribution in [3.05, 3.63) is 29.3 Å². The number of benzene rings is 1. The summed E-state index contributed by atoms with van der Waals surface area (Å²) in [6.07, 6.45) is 1.54. The Hall–Kier alpha value is -1.75. The molecule has 6 heteroatoms. The van der Waals surface area contributed by atoms with Crippen molar-refractivity contribution in [1.29, 1.82) is 0 Å². The molecule has 1 fully saturated rings. The summed E-state index contributed by atoms with van der Waals surface area (Å²) in [5.41, 5.74) is 5.96. The minimum atomic E-state index is -0.344. The maximum atomic E-state index is 12.1. The maximum Gasteiger partial charge on any atom is 0.321 e. The van der Waals surface area contributed by atoms with E-state index in [1.807, 2.05) is 0 Å². The van der Waals surface area contributed by atoms with Crippen LogP contribution in [0, 0.1) is 5.92 Å². The number of hydrogen-bond donors (Lipinski definition) is 2. The molecule has 1 saturated heterocycles. The fourth-order valence-electron chi connectivity index (χ4n) is 2.13. The Morgan fingerprint density at radius 2 is 2.00 bits per heavy atom. The van der Waals surface area contributed by atoms with Gasteiger partial charge in [-0.3, -0.25) is 4.79 Å². The molecule has 5 nitrogen and oxygen atoms in total. The van der Waals surface area contributed by atoms with Gasteiger partial charge in [0.2, 0.25) is 5.91 Å². The van der Waals surface area contributed by atoms with Crippen LogP contribution in [0.4, 0.5) is 10.5 Å². The smallest absolute Gasteiger partial charge is 0.321 e. The monoisotopic (exact) mass is 281 g/mol. The first kappa shape index (κ1) is 13.7. The van der Waals surface area contributed by atoms with Crippen LogP contribution in [-0.2, 0) is 4.79 Å². The van der Waals surface area contributed by atoms with E-state index < -0.39 is 0 Å². The predicted octanol–water partition coefficient (Wildman–Crippen LogP) is 2.07. The van der Waals surface area contributed by atoms with Crippen LogP contribution >= 0.6 is 11.6 Å². The molecule has 2 rings (SSSR count). The molecule has 1 atom stereocenters. The molecule has 1 aromatic rings. The van der Waals surface area contributed by atoms with Gasteiger partial charge in [0.1, 0.15) is 0 Å². The molecule has 0 saturated carbocycles. The third-order valence-corrected chi connectivity index (χ3v) is 3.46. The lowest BCUT2D eigenvalue weighted by molar-refractivity contribution is -0.123. The Kier molecular flexibility index (Phi) is 4.27. The molecule has 0 bridgehead atoms. The number of halogens is 1. The standard InChI is InChI=1S/C13H16ClN3O2/c14-10-3-5-11(6-4-10)16-13(19)17-7-1-2-9(8-17)12(15)18/h3-6,9H,1-2,7-8H2,(H2,15,18)(H,16,19)/t9-/m0/s1. The number of amides is 3. The number of likely N-dealkylation sites (tertiary alicyclic amines) is 1. The summed E-state index contributed by atoms with van der Waals surface area (Å²) in [6, 6.07) is 6.67. The van der Waals surface area contributed by atoms with Gasteiger partial charge in [0.25, 0.3) is 0 Å². The van der Waals surface area contributed by atoms with E-state index in [0.717, 1.165) is 12.8 Å². The van der Waals surface area contributed by atoms with E-state index in [1.165, 1.54) is 0 Å². The molecule has 1 aliphatic rings. The lowest BCUT2D eigenvalue weighted by Crippen LogP contribution is -2.45. The number of nitrogens with zero attached hydrogens (tertiary/aromatic N) is 1. The molecular formula is C13H16ClN3O2. The van der Waals surface area contributed by atoms with Gasteiger partial charge in [0.15, 0.2) is 0 Å². The molecule has 102 valence electrons. The maximum absolute atomic E-state index is 12.1. The summed E-state index contributed by atoms with van der Waals surface area (Å²) in [6.45, 7) is 1.03. The summed E-state index contributed by atoms with van der Waals surface area (Å²) in [5, 5.41) is 3.39. The van der Waals surface area contributed by atoms with E-state index >= 15 is 0 Å². The fraction of sp³-hybridized carbons (Fsp3) is 0.385. The van der Waals surface area contributed by atoms with E-state index in [-0.39, 0.29) is 17.9 Å². The van der Waals surface area contributed by atoms with Gasteiger partial charge in [-0.25, -0.2) is 4.79 Å². The number of carbonyl (C=O) groups excluding carboxylic acids is 2. The summed E-state index contributed by atoms with van der Waals surface area (Å²) in [5.74, 6) is -0.589. The number of hydrogen-bond acceptors (Lipinski definition) is 2. The number of rotatable bonds is 2. The van der Waals surface area contributed by atoms with Gasteiger partial charge in [-0.05, 0) is 37.1 Å². The van der Waals surface area contributed by atoms with Crippen LogP contribution in [0.15, 0.2) is 24.3 Å². The van der Waals surface area contributed by atoms with Crippen molar-refractivity contribution >= 4 is 29.2 Å². The molecule has 1 aromatic carbocycles. The van der Waals surface area contributed by atoms with Crippen LogP contribution in [0.3, 0.4) is 0 Å². The molecule has 3 N–H and O–H groups in total. The van der Waals surface area contributed by atoms with Gasteiger partial charge in [-0.15, -0.1) is 0 Å². The molecular weight excluding hydrogens is 266 g/mol. The lowest BCUT2D eigenvalue weighted by Gasteiger charge is -2.31. The molecule has 0 unspecified atom stereocenters. The first-order chi connectivity index (χ1) is 9.06. The number of primary amides is 1. The van der Waals surface area contributed by atoms with Crippen LogP contribution in [0.1, 0.15) is 12.8 Å². The van der Waals surface area contributed by atoms with E-state index in [1.54, 1.807) is 29.2 Å². The van der Waals surface area contributed by atoms with Gasteiger partial charge < -0.3 is 16.0 Å². The molecule has 1 aliphatic heterocycles. The second-order valence-corrected chi connectivity index (χ2v) is 5.06. The molecule has 1 heterocycles. The number of nitrogens with one attached hydrogen (secondary N) is 1. The van der Waals surface area contributed by atoms with E-state index in [2.05, 4.69) is 5.32 Å². The zero-order chi connectivity index (χ0) is 13.8. The largest absolute Gasteiger partial charge is 0.369 e. The number of carbonyl (C=O) groups is 2. The van der Waals surface area contributed by atoms with Crippen LogP contribution in [0.5, 0.6) is 0 Å². The molecule has 0 spiro atoms. The zero-order valence-electron chi connectivity index (χ0n) is 10.4. The van der Waals surface area contributed by atoms with Crippen molar-refractivity contribution in [1.82, 2.24) is 4.90 Å². The summed E-state index contributed by atoms with van der Waals surface area (Å²) in [4.78, 5) is 24.8. The predicted molar refractivity (Wildman–Crippen MR) is 74.0 cm³/mol. The number of piperidine rings is 1. The molecule has 3 amide bonds. The highest BCUT2D eigenvalue weighted by molar-refractivity contribution is 6.30. The Balaban J connectivity index is 1.96. The molecule has 19 heavy (non-hydrogen) atoms. The third-order valence-electron chi connectivity index (χ3n) is 3.21. The minimum Gasteiger partial charge on any atom is -0.369 e. The number of anilines is 1. The Morgan fingerprint density at radius 3 is 2.63 bits per heavy atom. The van der Waals surface area contributed by atoms with E-state index in [9.17, 15) is 9.59 Å². The molecule has 0 aliphatic carbocycles. The van der Waals surface area contributed by atoms with Gasteiger partial charge in [0, 0.05) is 23.8 Å². The van der Waals surface area contributed by atoms with Crippen molar-refractivity contribution in [2.45, 2.75) is 12.8 Å². The van der Waals surface area contributed by atoms with Gasteiger partial charge in [-0.2, -0.15) is 0 Å². The molecule has 0 radical (unpaired) electrons. The van der Waals surface area contributed by atoms with Gasteiger partial charge in [-0.1, -0.05) is 11.6 Å². The van der Waals surface area contributed by atoms with Crippen molar-refractivity contribution in [2.24, 2.45) is 11.7 Å². The average Bonchev–Trinajstić information content (AvgIpc) is 2.41. The molecule has 0 aromatic heterocycles. The summed E-state index contributed by atoms with van der Waals surface area (Å²) in [7, 11) is 0. The van der Waals surface area contributed by atoms with Crippen molar-refractivity contribution in [3.8, 4) is 0 Å². The topological polar surface area (TPSA) is 75.4 Å². The van der Waals surface area contributed by atoms with E-state index in [4.69, 9.17) is 17.3 Å². The Bertz CT molecular complexity index is 475.